The molecule has 2 fully saturated rings. The second-order valence-corrected chi connectivity index (χ2v) is 7.82. The van der Waals surface area contributed by atoms with Gasteiger partial charge in [-0.3, -0.25) is 9.89 Å². The number of rotatable bonds is 8. The molecule has 1 unspecified atom stereocenters. The number of morpholine rings is 1. The Labute approximate surface area is 183 Å². The summed E-state index contributed by atoms with van der Waals surface area (Å²) in [6.07, 6.45) is 8.29. The molecule has 1 atom stereocenters. The van der Waals surface area contributed by atoms with Crippen LogP contribution in [0, 0.1) is 5.92 Å². The van der Waals surface area contributed by atoms with Gasteiger partial charge in [0.25, 0.3) is 0 Å². The third-order valence-electron chi connectivity index (χ3n) is 5.54. The van der Waals surface area contributed by atoms with E-state index in [4.69, 9.17) is 9.47 Å². The van der Waals surface area contributed by atoms with Crippen molar-refractivity contribution in [3.05, 3.63) is 0 Å². The quantitative estimate of drug-likeness (QED) is 0.178. The van der Waals surface area contributed by atoms with Crippen molar-refractivity contribution >= 4 is 29.9 Å². The highest BCUT2D eigenvalue weighted by atomic mass is 127. The van der Waals surface area contributed by atoms with Gasteiger partial charge >= 0.3 is 0 Å². The van der Waals surface area contributed by atoms with Gasteiger partial charge in [0.15, 0.2) is 5.96 Å². The molecule has 27 heavy (non-hydrogen) atoms. The zero-order chi connectivity index (χ0) is 18.6. The van der Waals surface area contributed by atoms with Crippen LogP contribution in [0.15, 0.2) is 4.99 Å². The number of hydrogen-bond acceptors (Lipinski definition) is 4. The zero-order valence-electron chi connectivity index (χ0n) is 17.5. The minimum absolute atomic E-state index is 0. The first-order chi connectivity index (χ1) is 12.7. The summed E-state index contributed by atoms with van der Waals surface area (Å²) in [5.74, 6) is 1.46. The van der Waals surface area contributed by atoms with Crippen LogP contribution in [0.2, 0.25) is 0 Å². The van der Waals surface area contributed by atoms with Gasteiger partial charge in [-0.25, -0.2) is 0 Å². The third-order valence-corrected chi connectivity index (χ3v) is 5.54. The molecule has 1 saturated carbocycles. The highest BCUT2D eigenvalue weighted by molar-refractivity contribution is 14.0. The van der Waals surface area contributed by atoms with Crippen molar-refractivity contribution in [2.75, 3.05) is 53.0 Å². The van der Waals surface area contributed by atoms with Crippen LogP contribution in [0.4, 0.5) is 0 Å². The van der Waals surface area contributed by atoms with Crippen molar-refractivity contribution < 1.29 is 9.47 Å². The van der Waals surface area contributed by atoms with Gasteiger partial charge in [0.2, 0.25) is 0 Å². The van der Waals surface area contributed by atoms with Crippen LogP contribution in [0.25, 0.3) is 0 Å². The molecule has 0 aromatic rings. The van der Waals surface area contributed by atoms with Crippen LogP contribution < -0.4 is 10.6 Å². The summed E-state index contributed by atoms with van der Waals surface area (Å²) in [5.41, 5.74) is 0. The van der Waals surface area contributed by atoms with Crippen molar-refractivity contribution in [2.24, 2.45) is 10.9 Å². The normalized spacial score (nSPS) is 21.4. The van der Waals surface area contributed by atoms with E-state index in [1.165, 1.54) is 38.5 Å². The van der Waals surface area contributed by atoms with Crippen LogP contribution in [-0.2, 0) is 9.47 Å². The molecule has 2 aliphatic rings. The predicted molar refractivity (Wildman–Crippen MR) is 123 cm³/mol. The van der Waals surface area contributed by atoms with E-state index in [0.717, 1.165) is 52.0 Å². The van der Waals surface area contributed by atoms with E-state index in [0.29, 0.717) is 18.1 Å². The summed E-state index contributed by atoms with van der Waals surface area (Å²) >= 11 is 0. The summed E-state index contributed by atoms with van der Waals surface area (Å²) < 4.78 is 11.5. The lowest BCUT2D eigenvalue weighted by Gasteiger charge is -2.37. The lowest BCUT2D eigenvalue weighted by molar-refractivity contribution is 0.00749. The fourth-order valence-electron chi connectivity index (χ4n) is 3.92. The minimum atomic E-state index is 0. The van der Waals surface area contributed by atoms with Crippen molar-refractivity contribution in [3.8, 4) is 0 Å². The topological polar surface area (TPSA) is 58.1 Å². The van der Waals surface area contributed by atoms with Gasteiger partial charge in [0, 0.05) is 39.3 Å². The molecule has 0 spiro atoms. The monoisotopic (exact) mass is 496 g/mol. The van der Waals surface area contributed by atoms with Gasteiger partial charge < -0.3 is 20.1 Å². The molecule has 2 N–H and O–H groups in total. The van der Waals surface area contributed by atoms with E-state index < -0.39 is 0 Å². The highest BCUT2D eigenvalue weighted by Crippen LogP contribution is 2.19. The number of nitrogens with one attached hydrogen (secondary N) is 2. The molecular formula is C20H41IN4O2. The molecule has 160 valence electrons. The summed E-state index contributed by atoms with van der Waals surface area (Å²) in [7, 11) is 1.83. The highest BCUT2D eigenvalue weighted by Gasteiger charge is 2.23. The Kier molecular flexibility index (Phi) is 13.7. The first kappa shape index (κ1) is 24.9. The van der Waals surface area contributed by atoms with E-state index in [2.05, 4.69) is 34.4 Å². The molecule has 6 nitrogen and oxygen atoms in total. The standard InChI is InChI=1S/C20H40N4O2.HI/c1-17(2)19(24-11-14-25-15-12-24)16-23-20(21-3)22-10-13-26-18-8-6-4-5-7-9-18;/h17-19H,4-16H2,1-3H3,(H2,21,22,23);1H. The maximum Gasteiger partial charge on any atom is 0.191 e. The Balaban J connectivity index is 0.00000364. The maximum atomic E-state index is 6.05. The number of halogens is 1. The van der Waals surface area contributed by atoms with Crippen molar-refractivity contribution in [3.63, 3.8) is 0 Å². The molecule has 1 aliphatic heterocycles. The summed E-state index contributed by atoms with van der Waals surface area (Å²) in [5, 5.41) is 6.89. The van der Waals surface area contributed by atoms with E-state index in [9.17, 15) is 0 Å². The van der Waals surface area contributed by atoms with Crippen LogP contribution in [0.1, 0.15) is 52.4 Å². The Morgan fingerprint density at radius 1 is 1.11 bits per heavy atom. The largest absolute Gasteiger partial charge is 0.379 e. The Bertz CT molecular complexity index is 395. The molecule has 0 radical (unpaired) electrons. The smallest absolute Gasteiger partial charge is 0.191 e. The van der Waals surface area contributed by atoms with Crippen molar-refractivity contribution in [1.82, 2.24) is 15.5 Å². The van der Waals surface area contributed by atoms with E-state index in [1.54, 1.807) is 0 Å². The van der Waals surface area contributed by atoms with Gasteiger partial charge in [-0.05, 0) is 18.8 Å². The van der Waals surface area contributed by atoms with Crippen LogP contribution in [0.3, 0.4) is 0 Å². The zero-order valence-corrected chi connectivity index (χ0v) is 19.9. The second-order valence-electron chi connectivity index (χ2n) is 7.82. The molecule has 0 aromatic carbocycles. The number of guanidine groups is 1. The lowest BCUT2D eigenvalue weighted by atomic mass is 10.0. The number of ether oxygens (including phenoxy) is 2. The summed E-state index contributed by atoms with van der Waals surface area (Å²) in [6, 6.07) is 0.500. The Morgan fingerprint density at radius 3 is 2.37 bits per heavy atom. The van der Waals surface area contributed by atoms with Gasteiger partial charge in [-0.1, -0.05) is 39.5 Å². The van der Waals surface area contributed by atoms with Gasteiger partial charge in [-0.2, -0.15) is 0 Å². The lowest BCUT2D eigenvalue weighted by Crippen LogP contribution is -2.52. The maximum absolute atomic E-state index is 6.05. The van der Waals surface area contributed by atoms with Crippen molar-refractivity contribution in [1.29, 1.82) is 0 Å². The van der Waals surface area contributed by atoms with Crippen LogP contribution in [-0.4, -0.2) is 76.1 Å². The number of nitrogens with zero attached hydrogens (tertiary/aromatic N) is 2. The molecule has 1 heterocycles. The minimum Gasteiger partial charge on any atom is -0.379 e. The number of aliphatic imine (C=N–C) groups is 1. The van der Waals surface area contributed by atoms with Gasteiger partial charge in [0.05, 0.1) is 25.9 Å². The Morgan fingerprint density at radius 2 is 1.78 bits per heavy atom. The fourth-order valence-corrected chi connectivity index (χ4v) is 3.92. The van der Waals surface area contributed by atoms with Crippen LogP contribution >= 0.6 is 24.0 Å². The van der Waals surface area contributed by atoms with Gasteiger partial charge in [-0.15, -0.1) is 24.0 Å². The average Bonchev–Trinajstić information content (AvgIpc) is 2.93. The molecule has 7 heteroatoms. The second kappa shape index (κ2) is 14.8. The third kappa shape index (κ3) is 9.76. The molecule has 1 saturated heterocycles. The number of hydrogen-bond donors (Lipinski definition) is 2. The van der Waals surface area contributed by atoms with Gasteiger partial charge in [0.1, 0.15) is 0 Å². The first-order valence-electron chi connectivity index (χ1n) is 10.6. The van der Waals surface area contributed by atoms with Crippen LogP contribution in [0.5, 0.6) is 0 Å². The Hall–Kier alpha value is -0.120. The van der Waals surface area contributed by atoms with E-state index >= 15 is 0 Å². The average molecular weight is 496 g/mol. The summed E-state index contributed by atoms with van der Waals surface area (Å²) in [6.45, 7) is 10.8. The molecule has 0 aromatic heterocycles. The van der Waals surface area contributed by atoms with E-state index in [1.807, 2.05) is 7.05 Å². The SMILES string of the molecule is CN=C(NCCOC1CCCCCC1)NCC(C(C)C)N1CCOCC1.I. The molecule has 1 aliphatic carbocycles. The van der Waals surface area contributed by atoms with Crippen molar-refractivity contribution in [2.45, 2.75) is 64.5 Å². The predicted octanol–water partition coefficient (Wildman–Crippen LogP) is 2.87. The fraction of sp³-hybridized carbons (Fsp3) is 0.950. The molecule has 2 rings (SSSR count). The summed E-state index contributed by atoms with van der Waals surface area (Å²) in [4.78, 5) is 6.89. The molecule has 0 bridgehead atoms. The molecule has 0 amide bonds. The first-order valence-corrected chi connectivity index (χ1v) is 10.6. The van der Waals surface area contributed by atoms with E-state index in [-0.39, 0.29) is 24.0 Å². The molecular weight excluding hydrogens is 455 g/mol.